The Bertz CT molecular complexity index is 236. The maximum atomic E-state index is 11.3. The molecule has 0 N–H and O–H groups in total. The Balaban J connectivity index is 3.16. The van der Waals surface area contributed by atoms with Crippen LogP contribution in [-0.4, -0.2) is 18.4 Å². The summed E-state index contributed by atoms with van der Waals surface area (Å²) in [5.41, 5.74) is 0. The van der Waals surface area contributed by atoms with Gasteiger partial charge in [-0.2, -0.15) is 0 Å². The summed E-state index contributed by atoms with van der Waals surface area (Å²) in [6, 6.07) is 0. The van der Waals surface area contributed by atoms with E-state index in [4.69, 9.17) is 4.74 Å². The zero-order valence-corrected chi connectivity index (χ0v) is 12.7. The highest BCUT2D eigenvalue weighted by molar-refractivity contribution is 5.76. The molecule has 0 heterocycles. The second kappa shape index (κ2) is 13.6. The Hall–Kier alpha value is -0.860. The number of Topliss-reactive ketones (excluding diaryl/α,β-unsaturated/α-hetero) is 1. The van der Waals surface area contributed by atoms with Gasteiger partial charge in [0, 0.05) is 12.8 Å². The molecule has 0 spiro atoms. The van der Waals surface area contributed by atoms with Crippen LogP contribution in [0.25, 0.3) is 0 Å². The SMILES string of the molecule is CCCCCCCCCCCC(=O)OCCC(C)=O. The Labute approximate surface area is 118 Å². The number of rotatable bonds is 13. The maximum absolute atomic E-state index is 11.3. The summed E-state index contributed by atoms with van der Waals surface area (Å²) in [6.07, 6.45) is 12.0. The van der Waals surface area contributed by atoms with Gasteiger partial charge in [0.2, 0.25) is 0 Å². The Morgan fingerprint density at radius 3 is 1.84 bits per heavy atom. The van der Waals surface area contributed by atoms with Crippen molar-refractivity contribution in [3.63, 3.8) is 0 Å². The van der Waals surface area contributed by atoms with Gasteiger partial charge in [0.15, 0.2) is 0 Å². The van der Waals surface area contributed by atoms with Crippen molar-refractivity contribution in [2.24, 2.45) is 0 Å². The van der Waals surface area contributed by atoms with Gasteiger partial charge in [-0.25, -0.2) is 0 Å². The van der Waals surface area contributed by atoms with Gasteiger partial charge in [-0.15, -0.1) is 0 Å². The number of hydrogen-bond acceptors (Lipinski definition) is 3. The van der Waals surface area contributed by atoms with E-state index in [9.17, 15) is 9.59 Å². The monoisotopic (exact) mass is 270 g/mol. The van der Waals surface area contributed by atoms with Crippen LogP contribution >= 0.6 is 0 Å². The van der Waals surface area contributed by atoms with Crippen LogP contribution in [0.4, 0.5) is 0 Å². The van der Waals surface area contributed by atoms with Crippen LogP contribution < -0.4 is 0 Å². The third-order valence-electron chi connectivity index (χ3n) is 3.20. The van der Waals surface area contributed by atoms with Crippen molar-refractivity contribution in [1.29, 1.82) is 0 Å². The summed E-state index contributed by atoms with van der Waals surface area (Å²) in [4.78, 5) is 22.0. The second-order valence-electron chi connectivity index (χ2n) is 5.25. The molecule has 0 aliphatic carbocycles. The Morgan fingerprint density at radius 2 is 1.32 bits per heavy atom. The lowest BCUT2D eigenvalue weighted by molar-refractivity contribution is -0.144. The summed E-state index contributed by atoms with van der Waals surface area (Å²) < 4.78 is 4.97. The van der Waals surface area contributed by atoms with Crippen LogP contribution in [0.1, 0.15) is 84.5 Å². The molecule has 3 heteroatoms. The van der Waals surface area contributed by atoms with Gasteiger partial charge in [0.1, 0.15) is 5.78 Å². The van der Waals surface area contributed by atoms with Crippen molar-refractivity contribution in [3.05, 3.63) is 0 Å². The van der Waals surface area contributed by atoms with Gasteiger partial charge in [-0.05, 0) is 13.3 Å². The quantitative estimate of drug-likeness (QED) is 0.367. The second-order valence-corrected chi connectivity index (χ2v) is 5.25. The van der Waals surface area contributed by atoms with E-state index in [2.05, 4.69) is 6.92 Å². The molecule has 0 aromatic carbocycles. The van der Waals surface area contributed by atoms with Gasteiger partial charge in [-0.3, -0.25) is 9.59 Å². The molecule has 0 aliphatic heterocycles. The third kappa shape index (κ3) is 15.1. The zero-order valence-electron chi connectivity index (χ0n) is 12.7. The first-order valence-electron chi connectivity index (χ1n) is 7.82. The number of esters is 1. The fraction of sp³-hybridized carbons (Fsp3) is 0.875. The van der Waals surface area contributed by atoms with Crippen molar-refractivity contribution < 1.29 is 14.3 Å². The topological polar surface area (TPSA) is 43.4 Å². The average Bonchev–Trinajstić information content (AvgIpc) is 2.36. The Kier molecular flexibility index (Phi) is 13.0. The summed E-state index contributed by atoms with van der Waals surface area (Å²) in [7, 11) is 0. The van der Waals surface area contributed by atoms with Gasteiger partial charge < -0.3 is 4.74 Å². The van der Waals surface area contributed by atoms with Crippen LogP contribution in [0.5, 0.6) is 0 Å². The standard InChI is InChI=1S/C16H30O3/c1-3-4-5-6-7-8-9-10-11-12-16(18)19-14-13-15(2)17/h3-14H2,1-2H3. The lowest BCUT2D eigenvalue weighted by Crippen LogP contribution is -2.07. The minimum atomic E-state index is -0.163. The summed E-state index contributed by atoms with van der Waals surface area (Å²) in [6.45, 7) is 3.98. The fourth-order valence-electron chi connectivity index (χ4n) is 1.96. The molecule has 0 rings (SSSR count). The number of hydrogen-bond donors (Lipinski definition) is 0. The lowest BCUT2D eigenvalue weighted by Gasteiger charge is -2.04. The van der Waals surface area contributed by atoms with Crippen molar-refractivity contribution in [3.8, 4) is 0 Å². The van der Waals surface area contributed by atoms with Gasteiger partial charge in [-0.1, -0.05) is 58.3 Å². The van der Waals surface area contributed by atoms with E-state index in [0.29, 0.717) is 12.8 Å². The highest BCUT2D eigenvalue weighted by Gasteiger charge is 2.03. The molecule has 3 nitrogen and oxygen atoms in total. The van der Waals surface area contributed by atoms with E-state index in [1.807, 2.05) is 0 Å². The lowest BCUT2D eigenvalue weighted by atomic mass is 10.1. The van der Waals surface area contributed by atoms with Gasteiger partial charge in [0.25, 0.3) is 0 Å². The first-order chi connectivity index (χ1) is 9.16. The van der Waals surface area contributed by atoms with Crippen LogP contribution in [0.2, 0.25) is 0 Å². The molecular weight excluding hydrogens is 240 g/mol. The molecule has 0 unspecified atom stereocenters. The molecule has 0 bridgehead atoms. The van der Waals surface area contributed by atoms with Crippen molar-refractivity contribution in [2.45, 2.75) is 84.5 Å². The summed E-state index contributed by atoms with van der Waals surface area (Å²) in [5, 5.41) is 0. The van der Waals surface area contributed by atoms with Crippen molar-refractivity contribution >= 4 is 11.8 Å². The van der Waals surface area contributed by atoms with Gasteiger partial charge in [0.05, 0.1) is 6.61 Å². The van der Waals surface area contributed by atoms with Crippen molar-refractivity contribution in [1.82, 2.24) is 0 Å². The molecule has 0 saturated heterocycles. The van der Waals surface area contributed by atoms with E-state index < -0.39 is 0 Å². The minimum absolute atomic E-state index is 0.0656. The third-order valence-corrected chi connectivity index (χ3v) is 3.20. The molecule has 0 atom stereocenters. The molecular formula is C16H30O3. The van der Waals surface area contributed by atoms with E-state index >= 15 is 0 Å². The first-order valence-corrected chi connectivity index (χ1v) is 7.82. The Morgan fingerprint density at radius 1 is 0.789 bits per heavy atom. The van der Waals surface area contributed by atoms with Crippen LogP contribution in [0.3, 0.4) is 0 Å². The van der Waals surface area contributed by atoms with Gasteiger partial charge >= 0.3 is 5.97 Å². The average molecular weight is 270 g/mol. The number of unbranched alkanes of at least 4 members (excludes halogenated alkanes) is 8. The number of carbonyl (C=O) groups is 2. The molecule has 0 aliphatic rings. The molecule has 0 saturated carbocycles. The smallest absolute Gasteiger partial charge is 0.305 e. The molecule has 0 aromatic rings. The van der Waals surface area contributed by atoms with E-state index in [0.717, 1.165) is 12.8 Å². The van der Waals surface area contributed by atoms with Crippen LogP contribution in [0.15, 0.2) is 0 Å². The molecule has 0 aromatic heterocycles. The number of carbonyl (C=O) groups excluding carboxylic acids is 2. The zero-order chi connectivity index (χ0) is 14.3. The highest BCUT2D eigenvalue weighted by Crippen LogP contribution is 2.10. The fourth-order valence-corrected chi connectivity index (χ4v) is 1.96. The largest absolute Gasteiger partial charge is 0.465 e. The van der Waals surface area contributed by atoms with Crippen LogP contribution in [-0.2, 0) is 14.3 Å². The first kappa shape index (κ1) is 18.1. The predicted octanol–water partition coefficient (Wildman–Crippen LogP) is 4.43. The normalized spacial score (nSPS) is 10.4. The van der Waals surface area contributed by atoms with Crippen molar-refractivity contribution in [2.75, 3.05) is 6.61 Å². The minimum Gasteiger partial charge on any atom is -0.465 e. The predicted molar refractivity (Wildman–Crippen MR) is 78.1 cm³/mol. The molecule has 0 radical (unpaired) electrons. The molecule has 19 heavy (non-hydrogen) atoms. The highest BCUT2D eigenvalue weighted by atomic mass is 16.5. The van der Waals surface area contributed by atoms with E-state index in [1.165, 1.54) is 51.9 Å². The number of ketones is 1. The molecule has 112 valence electrons. The molecule has 0 amide bonds. The van der Waals surface area contributed by atoms with E-state index in [-0.39, 0.29) is 18.4 Å². The van der Waals surface area contributed by atoms with E-state index in [1.54, 1.807) is 0 Å². The number of ether oxygens (including phenoxy) is 1. The maximum Gasteiger partial charge on any atom is 0.305 e. The van der Waals surface area contributed by atoms with Crippen LogP contribution in [0, 0.1) is 0 Å². The summed E-state index contributed by atoms with van der Waals surface area (Å²) >= 11 is 0. The summed E-state index contributed by atoms with van der Waals surface area (Å²) in [5.74, 6) is -0.0972. The molecule has 0 fully saturated rings.